The molecule has 0 unspecified atom stereocenters. The van der Waals surface area contributed by atoms with Crippen LogP contribution >= 0.6 is 11.6 Å². The first-order chi connectivity index (χ1) is 11.6. The van der Waals surface area contributed by atoms with Crippen LogP contribution in [0.3, 0.4) is 0 Å². The van der Waals surface area contributed by atoms with E-state index in [1.807, 2.05) is 18.2 Å². The Hall–Kier alpha value is -1.79. The van der Waals surface area contributed by atoms with E-state index in [0.717, 1.165) is 31.6 Å². The van der Waals surface area contributed by atoms with Crippen molar-refractivity contribution in [3.8, 4) is 0 Å². The van der Waals surface area contributed by atoms with Crippen molar-refractivity contribution < 1.29 is 14.3 Å². The lowest BCUT2D eigenvalue weighted by Crippen LogP contribution is -2.41. The van der Waals surface area contributed by atoms with E-state index in [2.05, 4.69) is 10.2 Å². The number of para-hydroxylation sites is 1. The largest absolute Gasteiger partial charge is 0.378 e. The summed E-state index contributed by atoms with van der Waals surface area (Å²) in [7, 11) is 0. The van der Waals surface area contributed by atoms with Crippen LogP contribution < -0.4 is 10.2 Å². The number of carbonyl (C=O) groups excluding carboxylic acids is 2. The molecular weight excluding hydrogens is 330 g/mol. The first kappa shape index (κ1) is 17.0. The second-order valence-corrected chi connectivity index (χ2v) is 6.46. The van der Waals surface area contributed by atoms with Gasteiger partial charge in [0.25, 0.3) is 0 Å². The van der Waals surface area contributed by atoms with Gasteiger partial charge in [0.2, 0.25) is 11.8 Å². The molecular formula is C17H22ClN3O3. The third kappa shape index (κ3) is 3.99. The number of carbonyl (C=O) groups is 2. The van der Waals surface area contributed by atoms with Crippen LogP contribution in [0, 0.1) is 0 Å². The maximum Gasteiger partial charge on any atom is 0.244 e. The van der Waals surface area contributed by atoms with E-state index in [1.165, 1.54) is 0 Å². The number of rotatable bonds is 4. The van der Waals surface area contributed by atoms with Crippen molar-refractivity contribution in [1.29, 1.82) is 0 Å². The summed E-state index contributed by atoms with van der Waals surface area (Å²) in [6, 6.07) is 5.47. The molecule has 0 spiro atoms. The van der Waals surface area contributed by atoms with Gasteiger partial charge in [-0.3, -0.25) is 9.59 Å². The van der Waals surface area contributed by atoms with Crippen LogP contribution in [-0.4, -0.2) is 56.1 Å². The average molecular weight is 352 g/mol. The number of ether oxygens (including phenoxy) is 1. The van der Waals surface area contributed by atoms with Crippen LogP contribution in [0.25, 0.3) is 0 Å². The third-order valence-electron chi connectivity index (χ3n) is 4.34. The zero-order valence-corrected chi connectivity index (χ0v) is 14.3. The minimum atomic E-state index is -0.193. The summed E-state index contributed by atoms with van der Waals surface area (Å²) in [6.07, 6.45) is 2.39. The van der Waals surface area contributed by atoms with Crippen LogP contribution in [0.1, 0.15) is 19.3 Å². The van der Waals surface area contributed by atoms with Crippen LogP contribution in [0.15, 0.2) is 18.2 Å². The fourth-order valence-electron chi connectivity index (χ4n) is 3.12. The molecule has 1 N–H and O–H groups in total. The van der Waals surface area contributed by atoms with Crippen molar-refractivity contribution in [2.75, 3.05) is 49.6 Å². The Morgan fingerprint density at radius 1 is 1.21 bits per heavy atom. The van der Waals surface area contributed by atoms with Gasteiger partial charge in [0.15, 0.2) is 0 Å². The Labute approximate surface area is 146 Å². The van der Waals surface area contributed by atoms with Crippen LogP contribution in [0.4, 0.5) is 11.4 Å². The minimum Gasteiger partial charge on any atom is -0.378 e. The molecule has 3 rings (SSSR count). The molecule has 0 atom stereocenters. The van der Waals surface area contributed by atoms with Gasteiger partial charge in [0.1, 0.15) is 0 Å². The summed E-state index contributed by atoms with van der Waals surface area (Å²) in [5, 5.41) is 3.52. The van der Waals surface area contributed by atoms with E-state index < -0.39 is 0 Å². The van der Waals surface area contributed by atoms with Gasteiger partial charge < -0.3 is 19.9 Å². The number of nitrogens with one attached hydrogen (secondary N) is 1. The molecule has 2 aliphatic heterocycles. The number of anilines is 2. The van der Waals surface area contributed by atoms with Gasteiger partial charge >= 0.3 is 0 Å². The van der Waals surface area contributed by atoms with Gasteiger partial charge in [-0.05, 0) is 25.0 Å². The molecule has 2 aliphatic rings. The predicted molar refractivity (Wildman–Crippen MR) is 93.5 cm³/mol. The number of piperidine rings is 1. The minimum absolute atomic E-state index is 0.0518. The molecule has 0 saturated carbocycles. The smallest absolute Gasteiger partial charge is 0.244 e. The molecule has 2 saturated heterocycles. The van der Waals surface area contributed by atoms with E-state index in [4.69, 9.17) is 16.3 Å². The highest BCUT2D eigenvalue weighted by molar-refractivity contribution is 6.34. The normalized spacial score (nSPS) is 18.6. The van der Waals surface area contributed by atoms with Crippen molar-refractivity contribution in [3.05, 3.63) is 23.2 Å². The molecule has 24 heavy (non-hydrogen) atoms. The molecule has 0 aromatic heterocycles. The molecule has 130 valence electrons. The third-order valence-corrected chi connectivity index (χ3v) is 4.65. The van der Waals surface area contributed by atoms with Gasteiger partial charge in [-0.1, -0.05) is 17.7 Å². The van der Waals surface area contributed by atoms with Gasteiger partial charge in [-0.15, -0.1) is 0 Å². The summed E-state index contributed by atoms with van der Waals surface area (Å²) < 4.78 is 5.38. The number of amides is 2. The monoisotopic (exact) mass is 351 g/mol. The maximum absolute atomic E-state index is 12.4. The molecule has 0 bridgehead atoms. The van der Waals surface area contributed by atoms with Gasteiger partial charge in [0, 0.05) is 26.1 Å². The number of morpholine rings is 1. The highest BCUT2D eigenvalue weighted by Gasteiger charge is 2.22. The average Bonchev–Trinajstić information content (AvgIpc) is 2.58. The second-order valence-electron chi connectivity index (χ2n) is 6.06. The predicted octanol–water partition coefficient (Wildman–Crippen LogP) is 2.13. The Balaban J connectivity index is 1.71. The van der Waals surface area contributed by atoms with Crippen molar-refractivity contribution in [3.63, 3.8) is 0 Å². The second kappa shape index (κ2) is 7.85. The number of benzene rings is 1. The molecule has 7 heteroatoms. The quantitative estimate of drug-likeness (QED) is 0.902. The zero-order chi connectivity index (χ0) is 16.9. The highest BCUT2D eigenvalue weighted by Crippen LogP contribution is 2.34. The van der Waals surface area contributed by atoms with Crippen LogP contribution in [0.2, 0.25) is 5.02 Å². The van der Waals surface area contributed by atoms with Crippen LogP contribution in [-0.2, 0) is 14.3 Å². The lowest BCUT2D eigenvalue weighted by Gasteiger charge is -2.31. The van der Waals surface area contributed by atoms with E-state index in [9.17, 15) is 9.59 Å². The Bertz CT molecular complexity index is 617. The van der Waals surface area contributed by atoms with Crippen molar-refractivity contribution in [2.45, 2.75) is 19.3 Å². The van der Waals surface area contributed by atoms with Crippen LogP contribution in [0.5, 0.6) is 0 Å². The van der Waals surface area contributed by atoms with Crippen molar-refractivity contribution in [1.82, 2.24) is 4.90 Å². The standard InChI is InChI=1S/C17H22ClN3O3/c18-13-4-3-5-14(17(13)20-8-10-24-11-9-20)19-15(22)12-21-7-2-1-6-16(21)23/h3-5H,1-2,6-12H2,(H,19,22). The summed E-state index contributed by atoms with van der Waals surface area (Å²) in [5.74, 6) is -0.141. The first-order valence-electron chi connectivity index (χ1n) is 8.34. The first-order valence-corrected chi connectivity index (χ1v) is 8.72. The molecule has 2 heterocycles. The summed E-state index contributed by atoms with van der Waals surface area (Å²) in [6.45, 7) is 3.49. The Kier molecular flexibility index (Phi) is 5.58. The molecule has 2 amide bonds. The zero-order valence-electron chi connectivity index (χ0n) is 13.6. The van der Waals surface area contributed by atoms with Gasteiger partial charge in [-0.25, -0.2) is 0 Å². The number of hydrogen-bond acceptors (Lipinski definition) is 4. The molecule has 1 aromatic carbocycles. The molecule has 6 nitrogen and oxygen atoms in total. The molecule has 1 aromatic rings. The van der Waals surface area contributed by atoms with E-state index >= 15 is 0 Å². The van der Waals surface area contributed by atoms with E-state index in [0.29, 0.717) is 36.9 Å². The Morgan fingerprint density at radius 2 is 2.00 bits per heavy atom. The lowest BCUT2D eigenvalue weighted by atomic mass is 10.1. The summed E-state index contributed by atoms with van der Waals surface area (Å²) >= 11 is 6.36. The summed E-state index contributed by atoms with van der Waals surface area (Å²) in [5.41, 5.74) is 1.50. The number of halogens is 1. The number of likely N-dealkylation sites (tertiary alicyclic amines) is 1. The SMILES string of the molecule is O=C(CN1CCCCC1=O)Nc1cccc(Cl)c1N1CCOCC1. The molecule has 0 radical (unpaired) electrons. The van der Waals surface area contributed by atoms with E-state index in [1.54, 1.807) is 4.90 Å². The van der Waals surface area contributed by atoms with Crippen molar-refractivity contribution in [2.24, 2.45) is 0 Å². The number of nitrogens with zero attached hydrogens (tertiary/aromatic N) is 2. The van der Waals surface area contributed by atoms with Crippen molar-refractivity contribution >= 4 is 34.8 Å². The Morgan fingerprint density at radius 3 is 2.75 bits per heavy atom. The molecule has 2 fully saturated rings. The lowest BCUT2D eigenvalue weighted by molar-refractivity contribution is -0.136. The topological polar surface area (TPSA) is 61.9 Å². The maximum atomic E-state index is 12.4. The fraction of sp³-hybridized carbons (Fsp3) is 0.529. The highest BCUT2D eigenvalue weighted by atomic mass is 35.5. The molecule has 0 aliphatic carbocycles. The van der Waals surface area contributed by atoms with Gasteiger partial charge in [-0.2, -0.15) is 0 Å². The number of hydrogen-bond donors (Lipinski definition) is 1. The van der Waals surface area contributed by atoms with Gasteiger partial charge in [0.05, 0.1) is 36.2 Å². The fourth-order valence-corrected chi connectivity index (χ4v) is 3.41. The summed E-state index contributed by atoms with van der Waals surface area (Å²) in [4.78, 5) is 28.0. The van der Waals surface area contributed by atoms with E-state index in [-0.39, 0.29) is 18.4 Å².